The molecule has 23 heavy (non-hydrogen) atoms. The Kier molecular flexibility index (Phi) is 3.61. The second kappa shape index (κ2) is 5.77. The Labute approximate surface area is 135 Å². The van der Waals surface area contributed by atoms with Crippen LogP contribution in [0.15, 0.2) is 24.5 Å². The summed E-state index contributed by atoms with van der Waals surface area (Å²) in [6, 6.07) is 4.16. The zero-order chi connectivity index (χ0) is 15.8. The first-order valence-electron chi connectivity index (χ1n) is 8.23. The van der Waals surface area contributed by atoms with Gasteiger partial charge in [0.2, 0.25) is 0 Å². The Morgan fingerprint density at radius 3 is 3.09 bits per heavy atom. The van der Waals surface area contributed by atoms with Crippen LogP contribution >= 0.6 is 0 Å². The predicted octanol–water partition coefficient (Wildman–Crippen LogP) is 2.45. The first-order chi connectivity index (χ1) is 11.2. The summed E-state index contributed by atoms with van der Waals surface area (Å²) in [5.74, 6) is 0.546. The number of fused-ring (bicyclic) bond motifs is 1. The van der Waals surface area contributed by atoms with E-state index in [-0.39, 0.29) is 0 Å². The molecule has 1 aliphatic heterocycles. The van der Waals surface area contributed by atoms with Crippen molar-refractivity contribution in [2.75, 3.05) is 13.1 Å². The maximum Gasteiger partial charge on any atom is 0.159 e. The minimum atomic E-state index is 0.546. The molecule has 4 heterocycles. The van der Waals surface area contributed by atoms with E-state index in [0.717, 1.165) is 36.7 Å². The first-order valence-corrected chi connectivity index (χ1v) is 8.23. The van der Waals surface area contributed by atoms with Crippen LogP contribution in [0, 0.1) is 13.8 Å². The smallest absolute Gasteiger partial charge is 0.159 e. The Bertz CT molecular complexity index is 804. The van der Waals surface area contributed by atoms with Gasteiger partial charge in [0, 0.05) is 47.8 Å². The monoisotopic (exact) mass is 310 g/mol. The van der Waals surface area contributed by atoms with Crippen molar-refractivity contribution in [2.45, 2.75) is 39.2 Å². The maximum atomic E-state index is 4.69. The molecule has 1 aliphatic rings. The Morgan fingerprint density at radius 1 is 1.35 bits per heavy atom. The van der Waals surface area contributed by atoms with E-state index in [9.17, 15) is 0 Å². The quantitative estimate of drug-likeness (QED) is 0.807. The average Bonchev–Trinajstić information content (AvgIpc) is 3.18. The number of H-pyrrole nitrogens is 1. The first kappa shape index (κ1) is 14.4. The molecule has 0 spiro atoms. The van der Waals surface area contributed by atoms with Gasteiger partial charge >= 0.3 is 0 Å². The normalized spacial score (nSPS) is 19.5. The average molecular weight is 310 g/mol. The molecule has 1 unspecified atom stereocenters. The Morgan fingerprint density at radius 2 is 2.26 bits per heavy atom. The lowest BCUT2D eigenvalue weighted by Crippen LogP contribution is -2.34. The van der Waals surface area contributed by atoms with Gasteiger partial charge in [0.05, 0.1) is 6.20 Å². The molecule has 120 valence electrons. The number of aryl methyl sites for hydroxylation is 2. The van der Waals surface area contributed by atoms with Crippen LogP contribution in [0.5, 0.6) is 0 Å². The molecule has 0 radical (unpaired) electrons. The van der Waals surface area contributed by atoms with Crippen molar-refractivity contribution in [2.24, 2.45) is 0 Å². The van der Waals surface area contributed by atoms with Crippen LogP contribution < -0.4 is 0 Å². The van der Waals surface area contributed by atoms with Gasteiger partial charge in [-0.1, -0.05) is 0 Å². The van der Waals surface area contributed by atoms with Crippen LogP contribution in [0.2, 0.25) is 0 Å². The molecule has 3 aromatic heterocycles. The molecule has 6 nitrogen and oxygen atoms in total. The van der Waals surface area contributed by atoms with Crippen LogP contribution in [0.3, 0.4) is 0 Å². The zero-order valence-electron chi connectivity index (χ0n) is 13.7. The Balaban J connectivity index is 1.56. The van der Waals surface area contributed by atoms with E-state index < -0.39 is 0 Å². The molecule has 0 bridgehead atoms. The predicted molar refractivity (Wildman–Crippen MR) is 88.3 cm³/mol. The SMILES string of the molecule is Cc1cc(C)n2ncc(CN3CCCC(c4ccn[nH]4)C3)c2n1. The third-order valence-electron chi connectivity index (χ3n) is 4.71. The molecular formula is C17H22N6. The van der Waals surface area contributed by atoms with Crippen LogP contribution in [0.4, 0.5) is 0 Å². The van der Waals surface area contributed by atoms with Crippen LogP contribution in [-0.4, -0.2) is 42.8 Å². The van der Waals surface area contributed by atoms with Gasteiger partial charge in [-0.15, -0.1) is 0 Å². The molecule has 0 aliphatic carbocycles. The second-order valence-electron chi connectivity index (χ2n) is 6.53. The number of nitrogens with one attached hydrogen (secondary N) is 1. The standard InChI is InChI=1S/C17H22N6/c1-12-8-13(2)23-17(20-12)15(9-19-23)11-22-7-3-4-14(10-22)16-5-6-18-21-16/h5-6,8-9,14H,3-4,7,10-11H2,1-2H3,(H,18,21). The summed E-state index contributed by atoms with van der Waals surface area (Å²) in [6.07, 6.45) is 6.25. The zero-order valence-corrected chi connectivity index (χ0v) is 13.7. The van der Waals surface area contributed by atoms with Gasteiger partial charge in [-0.05, 0) is 45.4 Å². The number of likely N-dealkylation sites (tertiary alicyclic amines) is 1. The van der Waals surface area contributed by atoms with Crippen LogP contribution in [0.1, 0.15) is 41.4 Å². The van der Waals surface area contributed by atoms with E-state index >= 15 is 0 Å². The lowest BCUT2D eigenvalue weighted by Gasteiger charge is -2.31. The minimum Gasteiger partial charge on any atom is -0.298 e. The highest BCUT2D eigenvalue weighted by Crippen LogP contribution is 2.26. The van der Waals surface area contributed by atoms with E-state index in [1.54, 1.807) is 0 Å². The van der Waals surface area contributed by atoms with E-state index in [4.69, 9.17) is 0 Å². The lowest BCUT2D eigenvalue weighted by atomic mass is 9.95. The van der Waals surface area contributed by atoms with E-state index in [1.165, 1.54) is 24.1 Å². The molecule has 0 amide bonds. The molecule has 0 saturated carbocycles. The van der Waals surface area contributed by atoms with Crippen LogP contribution in [-0.2, 0) is 6.54 Å². The van der Waals surface area contributed by atoms with Crippen molar-refractivity contribution >= 4 is 5.65 Å². The van der Waals surface area contributed by atoms with Crippen molar-refractivity contribution in [3.8, 4) is 0 Å². The number of piperidine rings is 1. The molecule has 1 fully saturated rings. The van der Waals surface area contributed by atoms with Gasteiger partial charge in [0.1, 0.15) is 0 Å². The van der Waals surface area contributed by atoms with E-state index in [0.29, 0.717) is 5.92 Å². The summed E-state index contributed by atoms with van der Waals surface area (Å²) in [5, 5.41) is 11.7. The van der Waals surface area contributed by atoms with Crippen molar-refractivity contribution in [1.82, 2.24) is 29.7 Å². The highest BCUT2D eigenvalue weighted by molar-refractivity contribution is 5.47. The molecule has 3 aromatic rings. The van der Waals surface area contributed by atoms with Gasteiger partial charge in [0.25, 0.3) is 0 Å². The van der Waals surface area contributed by atoms with Gasteiger partial charge in [-0.3, -0.25) is 10.00 Å². The molecule has 0 aromatic carbocycles. The highest BCUT2D eigenvalue weighted by atomic mass is 15.3. The number of nitrogens with zero attached hydrogens (tertiary/aromatic N) is 5. The lowest BCUT2D eigenvalue weighted by molar-refractivity contribution is 0.199. The van der Waals surface area contributed by atoms with Crippen molar-refractivity contribution < 1.29 is 0 Å². The van der Waals surface area contributed by atoms with E-state index in [2.05, 4.69) is 44.2 Å². The molecule has 6 heteroatoms. The fourth-order valence-electron chi connectivity index (χ4n) is 3.62. The van der Waals surface area contributed by atoms with Crippen molar-refractivity contribution in [1.29, 1.82) is 0 Å². The summed E-state index contributed by atoms with van der Waals surface area (Å²) in [6.45, 7) is 7.22. The summed E-state index contributed by atoms with van der Waals surface area (Å²) in [5.41, 5.74) is 5.63. The fourth-order valence-corrected chi connectivity index (χ4v) is 3.62. The largest absolute Gasteiger partial charge is 0.298 e. The van der Waals surface area contributed by atoms with Gasteiger partial charge in [-0.25, -0.2) is 9.50 Å². The summed E-state index contributed by atoms with van der Waals surface area (Å²) >= 11 is 0. The van der Waals surface area contributed by atoms with Gasteiger partial charge < -0.3 is 0 Å². The number of aromatic nitrogens is 5. The molecular weight excluding hydrogens is 288 g/mol. The number of hydrogen-bond acceptors (Lipinski definition) is 4. The fraction of sp³-hybridized carbons (Fsp3) is 0.471. The Hall–Kier alpha value is -2.21. The molecule has 1 saturated heterocycles. The second-order valence-corrected chi connectivity index (χ2v) is 6.53. The number of aromatic amines is 1. The maximum absolute atomic E-state index is 4.69. The highest BCUT2D eigenvalue weighted by Gasteiger charge is 2.23. The van der Waals surface area contributed by atoms with Crippen molar-refractivity contribution in [3.63, 3.8) is 0 Å². The molecule has 1 atom stereocenters. The third kappa shape index (κ3) is 2.74. The van der Waals surface area contributed by atoms with Gasteiger partial charge in [0.15, 0.2) is 5.65 Å². The molecule has 1 N–H and O–H groups in total. The van der Waals surface area contributed by atoms with Crippen LogP contribution in [0.25, 0.3) is 5.65 Å². The number of rotatable bonds is 3. The third-order valence-corrected chi connectivity index (χ3v) is 4.71. The summed E-state index contributed by atoms with van der Waals surface area (Å²) in [7, 11) is 0. The summed E-state index contributed by atoms with van der Waals surface area (Å²) in [4.78, 5) is 7.19. The van der Waals surface area contributed by atoms with E-state index in [1.807, 2.05) is 23.8 Å². The molecule has 4 rings (SSSR count). The minimum absolute atomic E-state index is 0.546. The van der Waals surface area contributed by atoms with Crippen molar-refractivity contribution in [3.05, 3.63) is 47.2 Å². The topological polar surface area (TPSA) is 62.1 Å². The van der Waals surface area contributed by atoms with Gasteiger partial charge in [-0.2, -0.15) is 10.2 Å². The summed E-state index contributed by atoms with van der Waals surface area (Å²) < 4.78 is 1.94. The number of hydrogen-bond donors (Lipinski definition) is 1.